The number of piperidine rings is 1. The maximum Gasteiger partial charge on any atom is 0.253 e. The van der Waals surface area contributed by atoms with Crippen LogP contribution in [0.2, 0.25) is 0 Å². The molecule has 30 heavy (non-hydrogen) atoms. The molecule has 156 valence electrons. The number of halogens is 2. The normalized spacial score (nSPS) is 22.3. The van der Waals surface area contributed by atoms with Gasteiger partial charge in [0.05, 0.1) is 0 Å². The van der Waals surface area contributed by atoms with Crippen LogP contribution in [0.25, 0.3) is 10.9 Å². The van der Waals surface area contributed by atoms with Crippen molar-refractivity contribution in [2.75, 3.05) is 26.2 Å². The number of carbonyl (C=O) groups excluding carboxylic acids is 1. The minimum Gasteiger partial charge on any atom is -0.361 e. The first-order valence-electron chi connectivity index (χ1n) is 10.5. The van der Waals surface area contributed by atoms with Crippen LogP contribution in [0.1, 0.15) is 35.2 Å². The highest BCUT2D eigenvalue weighted by Crippen LogP contribution is 2.40. The molecule has 0 saturated carbocycles. The van der Waals surface area contributed by atoms with Crippen LogP contribution >= 0.6 is 0 Å². The Hall–Kier alpha value is -2.73. The Kier molecular flexibility index (Phi) is 4.82. The summed E-state index contributed by atoms with van der Waals surface area (Å²) in [5, 5.41) is 1.09. The van der Waals surface area contributed by atoms with Crippen LogP contribution in [0.5, 0.6) is 0 Å². The Labute approximate surface area is 174 Å². The van der Waals surface area contributed by atoms with E-state index in [1.165, 1.54) is 0 Å². The summed E-state index contributed by atoms with van der Waals surface area (Å²) in [6, 6.07) is 12.1. The third kappa shape index (κ3) is 3.49. The predicted octanol–water partition coefficient (Wildman–Crippen LogP) is 4.57. The number of H-pyrrole nitrogens is 1. The number of aromatic amines is 1. The van der Waals surface area contributed by atoms with Crippen LogP contribution in [0, 0.1) is 17.0 Å². The SMILES string of the molecule is O=C(c1ccc2cc[nH]c2c1)N1CCC2(CCCN(Cc3cccc(F)c3F)C2)C1. The first-order chi connectivity index (χ1) is 14.5. The summed E-state index contributed by atoms with van der Waals surface area (Å²) in [6.07, 6.45) is 4.90. The smallest absolute Gasteiger partial charge is 0.253 e. The van der Waals surface area contributed by atoms with E-state index < -0.39 is 11.6 Å². The minimum atomic E-state index is -0.795. The van der Waals surface area contributed by atoms with Crippen LogP contribution in [0.3, 0.4) is 0 Å². The Balaban J connectivity index is 1.28. The highest BCUT2D eigenvalue weighted by molar-refractivity contribution is 5.98. The second-order valence-electron chi connectivity index (χ2n) is 8.78. The number of rotatable bonds is 3. The molecule has 4 nitrogen and oxygen atoms in total. The molecule has 1 spiro atoms. The number of benzene rings is 2. The van der Waals surface area contributed by atoms with E-state index in [9.17, 15) is 13.6 Å². The number of amides is 1. The molecule has 5 rings (SSSR count). The molecule has 1 amide bonds. The standard InChI is InChI=1S/C24H25F2N3O/c25-20-4-1-3-19(22(20)26)14-28-11-2-8-24(15-28)9-12-29(16-24)23(30)18-6-5-17-7-10-27-21(17)13-18/h1,3-7,10,13,27H,2,8-9,11-12,14-16H2. The summed E-state index contributed by atoms with van der Waals surface area (Å²) >= 11 is 0. The number of hydrogen-bond donors (Lipinski definition) is 1. The summed E-state index contributed by atoms with van der Waals surface area (Å²) in [4.78, 5) is 20.4. The number of nitrogens with zero attached hydrogens (tertiary/aromatic N) is 2. The fourth-order valence-corrected chi connectivity index (χ4v) is 5.16. The molecule has 1 atom stereocenters. The van der Waals surface area contributed by atoms with E-state index in [1.54, 1.807) is 12.1 Å². The van der Waals surface area contributed by atoms with Crippen LogP contribution in [0.4, 0.5) is 8.78 Å². The monoisotopic (exact) mass is 409 g/mol. The zero-order valence-electron chi connectivity index (χ0n) is 16.8. The number of likely N-dealkylation sites (tertiary alicyclic amines) is 2. The Morgan fingerprint density at radius 1 is 1.07 bits per heavy atom. The molecule has 2 aromatic carbocycles. The van der Waals surface area contributed by atoms with Gasteiger partial charge in [-0.05, 0) is 55.5 Å². The summed E-state index contributed by atoms with van der Waals surface area (Å²) < 4.78 is 27.7. The quantitative estimate of drug-likeness (QED) is 0.688. The van der Waals surface area contributed by atoms with Gasteiger partial charge >= 0.3 is 0 Å². The predicted molar refractivity (Wildman–Crippen MR) is 112 cm³/mol. The van der Waals surface area contributed by atoms with E-state index in [0.29, 0.717) is 17.7 Å². The fraction of sp³-hybridized carbons (Fsp3) is 0.375. The highest BCUT2D eigenvalue weighted by atomic mass is 19.2. The molecule has 2 saturated heterocycles. The molecule has 1 unspecified atom stereocenters. The van der Waals surface area contributed by atoms with Gasteiger partial charge in [-0.1, -0.05) is 18.2 Å². The van der Waals surface area contributed by atoms with E-state index in [0.717, 1.165) is 62.4 Å². The molecule has 2 fully saturated rings. The van der Waals surface area contributed by atoms with Gasteiger partial charge in [0.2, 0.25) is 0 Å². The molecule has 6 heteroatoms. The average molecular weight is 409 g/mol. The van der Waals surface area contributed by atoms with Crippen LogP contribution in [0.15, 0.2) is 48.7 Å². The molecular formula is C24H25F2N3O. The van der Waals surface area contributed by atoms with Gasteiger partial charge in [-0.3, -0.25) is 9.69 Å². The molecule has 0 bridgehead atoms. The molecule has 3 aromatic rings. The average Bonchev–Trinajstić information content (AvgIpc) is 3.38. The van der Waals surface area contributed by atoms with Crippen LogP contribution in [-0.2, 0) is 6.54 Å². The van der Waals surface area contributed by atoms with E-state index in [2.05, 4.69) is 9.88 Å². The lowest BCUT2D eigenvalue weighted by Gasteiger charge is -2.40. The van der Waals surface area contributed by atoms with Gasteiger partial charge in [-0.2, -0.15) is 0 Å². The molecule has 1 aromatic heterocycles. The van der Waals surface area contributed by atoms with Gasteiger partial charge in [0.1, 0.15) is 0 Å². The summed E-state index contributed by atoms with van der Waals surface area (Å²) in [6.45, 7) is 3.54. The van der Waals surface area contributed by atoms with Crippen molar-refractivity contribution in [1.82, 2.24) is 14.8 Å². The number of fused-ring (bicyclic) bond motifs is 1. The van der Waals surface area contributed by atoms with Crippen molar-refractivity contribution in [1.29, 1.82) is 0 Å². The molecule has 0 aliphatic carbocycles. The van der Waals surface area contributed by atoms with E-state index in [-0.39, 0.29) is 11.3 Å². The van der Waals surface area contributed by atoms with Gasteiger partial charge < -0.3 is 9.88 Å². The lowest BCUT2D eigenvalue weighted by atomic mass is 9.79. The van der Waals surface area contributed by atoms with Crippen molar-refractivity contribution >= 4 is 16.8 Å². The Bertz CT molecular complexity index is 1090. The third-order valence-corrected chi connectivity index (χ3v) is 6.69. The zero-order chi connectivity index (χ0) is 20.7. The number of aromatic nitrogens is 1. The Morgan fingerprint density at radius 3 is 2.87 bits per heavy atom. The largest absolute Gasteiger partial charge is 0.361 e. The zero-order valence-corrected chi connectivity index (χ0v) is 16.8. The molecule has 2 aliphatic heterocycles. The molecule has 2 aliphatic rings. The van der Waals surface area contributed by atoms with E-state index in [4.69, 9.17) is 0 Å². The van der Waals surface area contributed by atoms with Gasteiger partial charge in [0.15, 0.2) is 11.6 Å². The number of carbonyl (C=O) groups is 1. The van der Waals surface area contributed by atoms with Crippen molar-refractivity contribution < 1.29 is 13.6 Å². The summed E-state index contributed by atoms with van der Waals surface area (Å²) in [5.41, 5.74) is 2.11. The minimum absolute atomic E-state index is 0.0360. The lowest BCUT2D eigenvalue weighted by Crippen LogP contribution is -2.45. The van der Waals surface area contributed by atoms with Crippen molar-refractivity contribution in [3.8, 4) is 0 Å². The Morgan fingerprint density at radius 2 is 1.97 bits per heavy atom. The van der Waals surface area contributed by atoms with Crippen molar-refractivity contribution in [2.45, 2.75) is 25.8 Å². The first kappa shape index (κ1) is 19.2. The van der Waals surface area contributed by atoms with Crippen LogP contribution < -0.4 is 0 Å². The highest BCUT2D eigenvalue weighted by Gasteiger charge is 2.43. The topological polar surface area (TPSA) is 39.3 Å². The van der Waals surface area contributed by atoms with E-state index in [1.807, 2.05) is 35.4 Å². The second kappa shape index (κ2) is 7.51. The van der Waals surface area contributed by atoms with Gasteiger partial charge in [-0.25, -0.2) is 8.78 Å². The molecule has 3 heterocycles. The second-order valence-corrected chi connectivity index (χ2v) is 8.78. The van der Waals surface area contributed by atoms with Crippen molar-refractivity contribution in [3.05, 3.63) is 71.4 Å². The van der Waals surface area contributed by atoms with Crippen LogP contribution in [-0.4, -0.2) is 46.9 Å². The number of nitrogens with one attached hydrogen (secondary N) is 1. The molecular weight excluding hydrogens is 384 g/mol. The third-order valence-electron chi connectivity index (χ3n) is 6.69. The fourth-order valence-electron chi connectivity index (χ4n) is 5.16. The van der Waals surface area contributed by atoms with Crippen molar-refractivity contribution in [2.24, 2.45) is 5.41 Å². The van der Waals surface area contributed by atoms with E-state index >= 15 is 0 Å². The van der Waals surface area contributed by atoms with Gasteiger partial charge in [0, 0.05) is 54.4 Å². The summed E-state index contributed by atoms with van der Waals surface area (Å²) in [5.74, 6) is -1.48. The molecule has 1 N–H and O–H groups in total. The van der Waals surface area contributed by atoms with Gasteiger partial charge in [0.25, 0.3) is 5.91 Å². The molecule has 0 radical (unpaired) electrons. The lowest BCUT2D eigenvalue weighted by molar-refractivity contribution is 0.0673. The van der Waals surface area contributed by atoms with Gasteiger partial charge in [-0.15, -0.1) is 0 Å². The van der Waals surface area contributed by atoms with Crippen molar-refractivity contribution in [3.63, 3.8) is 0 Å². The first-order valence-corrected chi connectivity index (χ1v) is 10.5. The maximum absolute atomic E-state index is 14.1. The number of hydrogen-bond acceptors (Lipinski definition) is 2. The maximum atomic E-state index is 14.1. The summed E-state index contributed by atoms with van der Waals surface area (Å²) in [7, 11) is 0.